The molecule has 5 rings (SSSR count). The van der Waals surface area contributed by atoms with E-state index in [0.29, 0.717) is 43.3 Å². The molecule has 9 heteroatoms. The first kappa shape index (κ1) is 27.0. The van der Waals surface area contributed by atoms with Crippen LogP contribution in [0.25, 0.3) is 11.0 Å². The highest BCUT2D eigenvalue weighted by atomic mass is 19.1. The first-order valence-corrected chi connectivity index (χ1v) is 13.8. The van der Waals surface area contributed by atoms with E-state index in [0.717, 1.165) is 54.5 Å². The number of hydrogen-bond donors (Lipinski definition) is 1. The Kier molecular flexibility index (Phi) is 8.04. The summed E-state index contributed by atoms with van der Waals surface area (Å²) in [4.78, 5) is 31.0. The molecule has 1 aromatic heterocycles. The summed E-state index contributed by atoms with van der Waals surface area (Å²) in [6.45, 7) is 1.61. The summed E-state index contributed by atoms with van der Waals surface area (Å²) in [6, 6.07) is 8.66. The molecule has 1 N–H and O–H groups in total. The van der Waals surface area contributed by atoms with E-state index in [2.05, 4.69) is 16.7 Å². The topological polar surface area (TPSA) is 93.9 Å². The maximum Gasteiger partial charge on any atom is 0.409 e. The summed E-state index contributed by atoms with van der Waals surface area (Å²) >= 11 is 0. The lowest BCUT2D eigenvalue weighted by Crippen LogP contribution is -2.35. The fourth-order valence-electron chi connectivity index (χ4n) is 6.26. The third-order valence-corrected chi connectivity index (χ3v) is 8.28. The highest BCUT2D eigenvalue weighted by Crippen LogP contribution is 2.37. The Balaban J connectivity index is 1.53. The lowest BCUT2D eigenvalue weighted by molar-refractivity contribution is -0.137. The van der Waals surface area contributed by atoms with Crippen molar-refractivity contribution in [3.8, 4) is 5.75 Å². The maximum atomic E-state index is 14.3. The second-order valence-electron chi connectivity index (χ2n) is 10.7. The Morgan fingerprint density at radius 3 is 2.67 bits per heavy atom. The number of hydrogen-bond acceptors (Lipinski definition) is 5. The van der Waals surface area contributed by atoms with Gasteiger partial charge in [-0.3, -0.25) is 4.79 Å². The van der Waals surface area contributed by atoms with Crippen LogP contribution in [0, 0.1) is 5.82 Å². The van der Waals surface area contributed by atoms with Crippen LogP contribution in [-0.2, 0) is 29.0 Å². The number of fused-ring (bicyclic) bond motifs is 3. The highest BCUT2D eigenvalue weighted by molar-refractivity contribution is 5.82. The van der Waals surface area contributed by atoms with Gasteiger partial charge in [0.1, 0.15) is 17.4 Å². The number of carbonyl (C=O) groups is 2. The first-order valence-electron chi connectivity index (χ1n) is 13.8. The molecule has 1 atom stereocenters. The van der Waals surface area contributed by atoms with Gasteiger partial charge >= 0.3 is 12.1 Å². The molecule has 1 saturated carbocycles. The lowest BCUT2D eigenvalue weighted by atomic mass is 9.88. The third kappa shape index (κ3) is 5.72. The molecule has 0 bridgehead atoms. The first-order chi connectivity index (χ1) is 18.9. The Hall–Kier alpha value is -3.62. The Labute approximate surface area is 227 Å². The van der Waals surface area contributed by atoms with Crippen LogP contribution < -0.4 is 4.74 Å². The molecule has 0 saturated heterocycles. The van der Waals surface area contributed by atoms with Crippen molar-refractivity contribution in [2.24, 2.45) is 0 Å². The zero-order valence-electron chi connectivity index (χ0n) is 22.6. The van der Waals surface area contributed by atoms with Crippen molar-refractivity contribution in [1.29, 1.82) is 0 Å². The molecule has 1 amide bonds. The average Bonchev–Trinajstić information content (AvgIpc) is 3.33. The van der Waals surface area contributed by atoms with Crippen LogP contribution in [0.5, 0.6) is 5.75 Å². The zero-order chi connectivity index (χ0) is 27.5. The summed E-state index contributed by atoms with van der Waals surface area (Å²) in [5.41, 5.74) is 4.76. The molecule has 0 unspecified atom stereocenters. The minimum atomic E-state index is -0.928. The highest BCUT2D eigenvalue weighted by Gasteiger charge is 2.28. The fourth-order valence-corrected chi connectivity index (χ4v) is 6.26. The van der Waals surface area contributed by atoms with Crippen molar-refractivity contribution in [1.82, 2.24) is 14.5 Å². The summed E-state index contributed by atoms with van der Waals surface area (Å²) in [6.07, 6.45) is 6.48. The van der Waals surface area contributed by atoms with Gasteiger partial charge in [-0.15, -0.1) is 0 Å². The molecule has 208 valence electrons. The van der Waals surface area contributed by atoms with Crippen LogP contribution in [0.3, 0.4) is 0 Å². The molecule has 8 nitrogen and oxygen atoms in total. The summed E-state index contributed by atoms with van der Waals surface area (Å²) in [5, 5.41) is 9.66. The van der Waals surface area contributed by atoms with Gasteiger partial charge in [0, 0.05) is 30.6 Å². The van der Waals surface area contributed by atoms with Crippen LogP contribution in [0.2, 0.25) is 0 Å². The molecule has 0 spiro atoms. The number of carboxylic acids is 1. The van der Waals surface area contributed by atoms with E-state index in [4.69, 9.17) is 14.5 Å². The van der Waals surface area contributed by atoms with Crippen molar-refractivity contribution < 1.29 is 28.6 Å². The van der Waals surface area contributed by atoms with Gasteiger partial charge in [-0.25, -0.2) is 14.2 Å². The molecule has 2 aliphatic rings. The van der Waals surface area contributed by atoms with Gasteiger partial charge in [-0.05, 0) is 60.9 Å². The van der Waals surface area contributed by atoms with Gasteiger partial charge in [0.15, 0.2) is 0 Å². The number of methoxy groups -OCH3 is 2. The average molecular weight is 538 g/mol. The van der Waals surface area contributed by atoms with Crippen molar-refractivity contribution in [3.05, 3.63) is 58.7 Å². The Morgan fingerprint density at radius 1 is 1.15 bits per heavy atom. The SMILES string of the molecule is COC(=O)N1CCc2ccc3c(nc(C4CCCCC4)n3CC[C@H](CC(=O)O)c3cc(F)cc(OC)c3)c2C1. The molecule has 3 aromatic rings. The van der Waals surface area contributed by atoms with E-state index in [1.165, 1.54) is 38.3 Å². The van der Waals surface area contributed by atoms with Crippen molar-refractivity contribution in [2.75, 3.05) is 20.8 Å². The van der Waals surface area contributed by atoms with Gasteiger partial charge in [-0.1, -0.05) is 25.3 Å². The predicted octanol–water partition coefficient (Wildman–Crippen LogP) is 6.00. The number of aryl methyl sites for hydroxylation is 1. The largest absolute Gasteiger partial charge is 0.497 e. The number of imidazole rings is 1. The Bertz CT molecular complexity index is 1360. The molecule has 2 aromatic carbocycles. The van der Waals surface area contributed by atoms with Gasteiger partial charge in [0.2, 0.25) is 0 Å². The third-order valence-electron chi connectivity index (χ3n) is 8.28. The maximum absolute atomic E-state index is 14.3. The molecule has 1 fully saturated rings. The quantitative estimate of drug-likeness (QED) is 0.379. The van der Waals surface area contributed by atoms with Crippen LogP contribution in [0.1, 0.15) is 79.3 Å². The number of benzene rings is 2. The predicted molar refractivity (Wildman–Crippen MR) is 145 cm³/mol. The summed E-state index contributed by atoms with van der Waals surface area (Å²) < 4.78 is 26.8. The van der Waals surface area contributed by atoms with Gasteiger partial charge in [-0.2, -0.15) is 0 Å². The van der Waals surface area contributed by atoms with Gasteiger partial charge in [0.25, 0.3) is 0 Å². The standard InChI is InChI=1S/C30H36FN3O5/c1-38-24-15-22(14-23(31)17-24)21(16-27(35)36)11-13-34-26-9-8-19-10-12-33(30(37)39-2)18-25(19)28(26)32-29(34)20-6-4-3-5-7-20/h8-9,14-15,17,20-21H,3-7,10-13,16,18H2,1-2H3,(H,35,36)/t21-/m1/s1. The number of ether oxygens (including phenoxy) is 2. The van der Waals surface area contributed by atoms with E-state index in [1.807, 2.05) is 0 Å². The van der Waals surface area contributed by atoms with Crippen LogP contribution in [0.4, 0.5) is 9.18 Å². The molecule has 39 heavy (non-hydrogen) atoms. The second kappa shape index (κ2) is 11.6. The number of carboxylic acid groups (broad SMARTS) is 1. The molecule has 2 heterocycles. The summed E-state index contributed by atoms with van der Waals surface area (Å²) in [7, 11) is 2.87. The van der Waals surface area contributed by atoms with E-state index in [9.17, 15) is 19.1 Å². The van der Waals surface area contributed by atoms with Crippen molar-refractivity contribution >= 4 is 23.1 Å². The molecule has 0 radical (unpaired) electrons. The zero-order valence-corrected chi connectivity index (χ0v) is 22.6. The number of rotatable bonds is 8. The molecule has 1 aliphatic carbocycles. The molecule has 1 aliphatic heterocycles. The molecular formula is C30H36FN3O5. The smallest absolute Gasteiger partial charge is 0.409 e. The van der Waals surface area contributed by atoms with E-state index in [1.54, 1.807) is 11.0 Å². The summed E-state index contributed by atoms with van der Waals surface area (Å²) in [5.74, 6) is -0.0384. The van der Waals surface area contributed by atoms with Crippen LogP contribution >= 0.6 is 0 Å². The van der Waals surface area contributed by atoms with E-state index in [-0.39, 0.29) is 12.5 Å². The van der Waals surface area contributed by atoms with Gasteiger partial charge < -0.3 is 24.0 Å². The van der Waals surface area contributed by atoms with Crippen LogP contribution in [-0.4, -0.2) is 52.4 Å². The normalized spacial score (nSPS) is 16.6. The Morgan fingerprint density at radius 2 is 1.95 bits per heavy atom. The second-order valence-corrected chi connectivity index (χ2v) is 10.7. The van der Waals surface area contributed by atoms with Crippen molar-refractivity contribution in [3.63, 3.8) is 0 Å². The minimum absolute atomic E-state index is 0.110. The number of carbonyl (C=O) groups excluding carboxylic acids is 1. The fraction of sp³-hybridized carbons (Fsp3) is 0.500. The number of aliphatic carboxylic acids is 1. The number of halogens is 1. The van der Waals surface area contributed by atoms with E-state index < -0.39 is 17.7 Å². The number of amides is 1. The molecular weight excluding hydrogens is 501 g/mol. The van der Waals surface area contributed by atoms with Crippen LogP contribution in [0.15, 0.2) is 30.3 Å². The lowest BCUT2D eigenvalue weighted by Gasteiger charge is -2.27. The van der Waals surface area contributed by atoms with Gasteiger partial charge in [0.05, 0.1) is 38.2 Å². The number of aromatic nitrogens is 2. The minimum Gasteiger partial charge on any atom is -0.497 e. The van der Waals surface area contributed by atoms with E-state index >= 15 is 0 Å². The monoisotopic (exact) mass is 537 g/mol. The van der Waals surface area contributed by atoms with Crippen molar-refractivity contribution in [2.45, 2.75) is 76.3 Å². The number of nitrogens with zero attached hydrogens (tertiary/aromatic N) is 3.